The minimum absolute atomic E-state index is 0.0957. The average Bonchev–Trinajstić information content (AvgIpc) is 2.83. The van der Waals surface area contributed by atoms with Crippen molar-refractivity contribution >= 4 is 16.7 Å². The highest BCUT2D eigenvalue weighted by molar-refractivity contribution is 5.91. The van der Waals surface area contributed by atoms with Gasteiger partial charge in [0.05, 0.1) is 23.3 Å². The summed E-state index contributed by atoms with van der Waals surface area (Å²) in [6.45, 7) is 2.01. The summed E-state index contributed by atoms with van der Waals surface area (Å²) in [5.41, 5.74) is 5.40. The Kier molecular flexibility index (Phi) is 2.94. The number of aryl methyl sites for hydroxylation is 2. The van der Waals surface area contributed by atoms with Gasteiger partial charge < -0.3 is 15.0 Å². The molecule has 0 bridgehead atoms. The van der Waals surface area contributed by atoms with E-state index in [1.165, 1.54) is 0 Å². The van der Waals surface area contributed by atoms with Crippen molar-refractivity contribution in [3.63, 3.8) is 0 Å². The molecule has 4 nitrogen and oxygen atoms in total. The summed E-state index contributed by atoms with van der Waals surface area (Å²) in [6.07, 6.45) is 0.213. The minimum Gasteiger partial charge on any atom is -0.390 e. The Balaban J connectivity index is 1.85. The van der Waals surface area contributed by atoms with Gasteiger partial charge in [0.15, 0.2) is 0 Å². The Bertz CT molecular complexity index is 838. The highest BCUT2D eigenvalue weighted by atomic mass is 16.3. The molecule has 3 aromatic rings. The number of aromatic nitrogens is 2. The number of fused-ring (bicyclic) bond motifs is 3. The van der Waals surface area contributed by atoms with Crippen molar-refractivity contribution in [3.05, 3.63) is 59.4 Å². The van der Waals surface area contributed by atoms with E-state index < -0.39 is 6.10 Å². The Morgan fingerprint density at radius 3 is 2.73 bits per heavy atom. The molecule has 2 heterocycles. The first kappa shape index (κ1) is 13.3. The monoisotopic (exact) mass is 293 g/mol. The van der Waals surface area contributed by atoms with Crippen molar-refractivity contribution < 1.29 is 5.11 Å². The van der Waals surface area contributed by atoms with Crippen molar-refractivity contribution in [2.45, 2.75) is 25.5 Å². The third kappa shape index (κ3) is 1.91. The molecule has 4 heteroatoms. The zero-order valence-corrected chi connectivity index (χ0v) is 12.7. The van der Waals surface area contributed by atoms with Gasteiger partial charge in [0.1, 0.15) is 11.3 Å². The SMILES string of the molecule is Cc1nc2c3c(ccc2n1C)C[C@H](O)[C@@H](c1ccccc1)N3. The van der Waals surface area contributed by atoms with Crippen LogP contribution in [0.1, 0.15) is 23.0 Å². The highest BCUT2D eigenvalue weighted by Crippen LogP contribution is 2.37. The van der Waals surface area contributed by atoms with Crippen LogP contribution < -0.4 is 5.32 Å². The van der Waals surface area contributed by atoms with Gasteiger partial charge in [-0.2, -0.15) is 0 Å². The van der Waals surface area contributed by atoms with Crippen LogP contribution in [0, 0.1) is 6.92 Å². The van der Waals surface area contributed by atoms with E-state index in [0.29, 0.717) is 6.42 Å². The van der Waals surface area contributed by atoms with Crippen LogP contribution in [0.2, 0.25) is 0 Å². The smallest absolute Gasteiger partial charge is 0.112 e. The Morgan fingerprint density at radius 1 is 1.18 bits per heavy atom. The lowest BCUT2D eigenvalue weighted by Gasteiger charge is -2.32. The first-order chi connectivity index (χ1) is 10.6. The number of anilines is 1. The van der Waals surface area contributed by atoms with E-state index in [1.54, 1.807) is 0 Å². The molecule has 0 aliphatic carbocycles. The molecule has 0 unspecified atom stereocenters. The lowest BCUT2D eigenvalue weighted by molar-refractivity contribution is 0.148. The second kappa shape index (κ2) is 4.85. The van der Waals surface area contributed by atoms with Gasteiger partial charge in [0, 0.05) is 13.5 Å². The largest absolute Gasteiger partial charge is 0.390 e. The van der Waals surface area contributed by atoms with Gasteiger partial charge in [-0.25, -0.2) is 4.98 Å². The quantitative estimate of drug-likeness (QED) is 0.725. The van der Waals surface area contributed by atoms with E-state index in [9.17, 15) is 5.11 Å². The van der Waals surface area contributed by atoms with Crippen molar-refractivity contribution in [2.75, 3.05) is 5.32 Å². The molecular formula is C18H19N3O. The number of nitrogens with zero attached hydrogens (tertiary/aromatic N) is 2. The van der Waals surface area contributed by atoms with E-state index in [-0.39, 0.29) is 6.04 Å². The maximum Gasteiger partial charge on any atom is 0.112 e. The molecular weight excluding hydrogens is 274 g/mol. The minimum atomic E-state index is -0.433. The third-order valence-electron chi connectivity index (χ3n) is 4.64. The van der Waals surface area contributed by atoms with Gasteiger partial charge in [-0.05, 0) is 24.1 Å². The summed E-state index contributed by atoms with van der Waals surface area (Å²) in [6, 6.07) is 14.2. The summed E-state index contributed by atoms with van der Waals surface area (Å²) in [7, 11) is 2.03. The number of aliphatic hydroxyl groups excluding tert-OH is 1. The first-order valence-electron chi connectivity index (χ1n) is 7.59. The topological polar surface area (TPSA) is 50.1 Å². The second-order valence-corrected chi connectivity index (χ2v) is 5.99. The molecule has 4 rings (SSSR count). The molecule has 112 valence electrons. The van der Waals surface area contributed by atoms with Crippen molar-refractivity contribution in [1.82, 2.24) is 9.55 Å². The fourth-order valence-corrected chi connectivity index (χ4v) is 3.31. The van der Waals surface area contributed by atoms with Gasteiger partial charge in [0.2, 0.25) is 0 Å². The van der Waals surface area contributed by atoms with Crippen LogP contribution in [0.25, 0.3) is 11.0 Å². The number of hydrogen-bond acceptors (Lipinski definition) is 3. The van der Waals surface area contributed by atoms with Crippen LogP contribution in [-0.4, -0.2) is 20.8 Å². The van der Waals surface area contributed by atoms with Crippen LogP contribution in [0.15, 0.2) is 42.5 Å². The third-order valence-corrected chi connectivity index (χ3v) is 4.64. The molecule has 0 saturated heterocycles. The van der Waals surface area contributed by atoms with E-state index in [0.717, 1.165) is 33.7 Å². The highest BCUT2D eigenvalue weighted by Gasteiger charge is 2.29. The van der Waals surface area contributed by atoms with E-state index in [1.807, 2.05) is 32.2 Å². The summed E-state index contributed by atoms with van der Waals surface area (Å²) in [5.74, 6) is 0.993. The summed E-state index contributed by atoms with van der Waals surface area (Å²) < 4.78 is 2.10. The maximum absolute atomic E-state index is 10.5. The van der Waals surface area contributed by atoms with Gasteiger partial charge >= 0.3 is 0 Å². The Hall–Kier alpha value is -2.33. The molecule has 0 radical (unpaired) electrons. The molecule has 0 spiro atoms. The normalized spacial score (nSPS) is 20.7. The van der Waals surface area contributed by atoms with E-state index >= 15 is 0 Å². The number of hydrogen-bond donors (Lipinski definition) is 2. The lowest BCUT2D eigenvalue weighted by atomic mass is 9.90. The van der Waals surface area contributed by atoms with E-state index in [4.69, 9.17) is 4.98 Å². The van der Waals surface area contributed by atoms with Gasteiger partial charge in [-0.3, -0.25) is 0 Å². The summed E-state index contributed by atoms with van der Waals surface area (Å²) in [5, 5.41) is 14.0. The standard InChI is InChI=1S/C18H19N3O/c1-11-19-18-14(21(11)2)9-8-13-10-15(22)16(20-17(13)18)12-6-4-3-5-7-12/h3-9,15-16,20,22H,10H2,1-2H3/t15-,16+/m0/s1. The fraction of sp³-hybridized carbons (Fsp3) is 0.278. The zero-order chi connectivity index (χ0) is 15.3. The molecule has 0 saturated carbocycles. The lowest BCUT2D eigenvalue weighted by Crippen LogP contribution is -2.32. The first-order valence-corrected chi connectivity index (χ1v) is 7.59. The molecule has 22 heavy (non-hydrogen) atoms. The van der Waals surface area contributed by atoms with Crippen LogP contribution in [-0.2, 0) is 13.5 Å². The fourth-order valence-electron chi connectivity index (χ4n) is 3.31. The Labute approximate surface area is 129 Å². The molecule has 2 aromatic carbocycles. The average molecular weight is 293 g/mol. The number of nitrogens with one attached hydrogen (secondary N) is 1. The van der Waals surface area contributed by atoms with E-state index in [2.05, 4.69) is 34.1 Å². The summed E-state index contributed by atoms with van der Waals surface area (Å²) >= 11 is 0. The van der Waals surface area contributed by atoms with Crippen molar-refractivity contribution in [1.29, 1.82) is 0 Å². The van der Waals surface area contributed by atoms with Gasteiger partial charge in [-0.1, -0.05) is 36.4 Å². The van der Waals surface area contributed by atoms with Gasteiger partial charge in [-0.15, -0.1) is 0 Å². The molecule has 2 atom stereocenters. The van der Waals surface area contributed by atoms with Crippen molar-refractivity contribution in [2.24, 2.45) is 7.05 Å². The Morgan fingerprint density at radius 2 is 1.95 bits per heavy atom. The number of rotatable bonds is 1. The summed E-state index contributed by atoms with van der Waals surface area (Å²) in [4.78, 5) is 4.70. The zero-order valence-electron chi connectivity index (χ0n) is 12.7. The number of aliphatic hydroxyl groups is 1. The maximum atomic E-state index is 10.5. The van der Waals surface area contributed by atoms with Crippen LogP contribution in [0.3, 0.4) is 0 Å². The van der Waals surface area contributed by atoms with Crippen LogP contribution >= 0.6 is 0 Å². The second-order valence-electron chi connectivity index (χ2n) is 5.99. The van der Waals surface area contributed by atoms with Crippen molar-refractivity contribution in [3.8, 4) is 0 Å². The number of imidazole rings is 1. The number of benzene rings is 2. The predicted molar refractivity (Wildman–Crippen MR) is 88.0 cm³/mol. The molecule has 0 amide bonds. The van der Waals surface area contributed by atoms with Gasteiger partial charge in [0.25, 0.3) is 0 Å². The molecule has 0 fully saturated rings. The van der Waals surface area contributed by atoms with Crippen LogP contribution in [0.4, 0.5) is 5.69 Å². The molecule has 2 N–H and O–H groups in total. The predicted octanol–water partition coefficient (Wildman–Crippen LogP) is 2.95. The van der Waals surface area contributed by atoms with Crippen LogP contribution in [0.5, 0.6) is 0 Å². The molecule has 1 aliphatic rings. The molecule has 1 aromatic heterocycles. The molecule has 1 aliphatic heterocycles.